The number of aliphatic hydroxyl groups is 1. The SMILES string of the molecule is NCC(CO)c1cnc2n[nH]nc2c1. The summed E-state index contributed by atoms with van der Waals surface area (Å²) in [6.45, 7) is 0.406. The minimum atomic E-state index is -0.0800. The highest BCUT2D eigenvalue weighted by molar-refractivity contribution is 5.69. The molecule has 0 saturated carbocycles. The standard InChI is InChI=1S/C8H11N5O/c9-2-6(4-14)5-1-7-8(10-3-5)12-13-11-7/h1,3,6,14H,2,4,9H2,(H,10,11,12,13). The number of rotatable bonds is 3. The Hall–Kier alpha value is -1.53. The molecule has 2 aromatic heterocycles. The molecule has 14 heavy (non-hydrogen) atoms. The second-order valence-electron chi connectivity index (χ2n) is 3.05. The molecule has 0 radical (unpaired) electrons. The van der Waals surface area contributed by atoms with Crippen molar-refractivity contribution < 1.29 is 5.11 Å². The van der Waals surface area contributed by atoms with E-state index in [-0.39, 0.29) is 12.5 Å². The first-order chi connectivity index (χ1) is 6.85. The zero-order valence-corrected chi connectivity index (χ0v) is 7.51. The van der Waals surface area contributed by atoms with Crippen LogP contribution in [0, 0.1) is 0 Å². The van der Waals surface area contributed by atoms with Crippen LogP contribution in [-0.2, 0) is 0 Å². The fourth-order valence-electron chi connectivity index (χ4n) is 1.30. The predicted octanol–water partition coefficient (Wildman–Crippen LogP) is -0.613. The minimum absolute atomic E-state index is 0.0154. The molecule has 4 N–H and O–H groups in total. The lowest BCUT2D eigenvalue weighted by Gasteiger charge is -2.10. The van der Waals surface area contributed by atoms with Gasteiger partial charge in [-0.05, 0) is 11.6 Å². The lowest BCUT2D eigenvalue weighted by atomic mass is 10.0. The van der Waals surface area contributed by atoms with Crippen LogP contribution in [0.2, 0.25) is 0 Å². The second-order valence-corrected chi connectivity index (χ2v) is 3.05. The highest BCUT2D eigenvalue weighted by atomic mass is 16.3. The Morgan fingerprint density at radius 1 is 1.50 bits per heavy atom. The number of hydrogen-bond acceptors (Lipinski definition) is 5. The molecule has 0 spiro atoms. The Bertz CT molecular complexity index is 422. The van der Waals surface area contributed by atoms with Crippen LogP contribution >= 0.6 is 0 Å². The largest absolute Gasteiger partial charge is 0.396 e. The smallest absolute Gasteiger partial charge is 0.201 e. The summed E-state index contributed by atoms with van der Waals surface area (Å²) in [6.07, 6.45) is 1.67. The molecular formula is C8H11N5O. The molecule has 2 rings (SSSR count). The Kier molecular flexibility index (Phi) is 2.38. The third-order valence-corrected chi connectivity index (χ3v) is 2.17. The maximum atomic E-state index is 9.05. The van der Waals surface area contributed by atoms with E-state index >= 15 is 0 Å². The lowest BCUT2D eigenvalue weighted by molar-refractivity contribution is 0.267. The van der Waals surface area contributed by atoms with E-state index in [1.54, 1.807) is 6.20 Å². The zero-order valence-electron chi connectivity index (χ0n) is 7.51. The number of nitrogens with zero attached hydrogens (tertiary/aromatic N) is 3. The average molecular weight is 193 g/mol. The summed E-state index contributed by atoms with van der Waals surface area (Å²) < 4.78 is 0. The first kappa shape index (κ1) is 9.04. The third kappa shape index (κ3) is 1.45. The number of nitrogens with two attached hydrogens (primary N) is 1. The second kappa shape index (κ2) is 3.69. The average Bonchev–Trinajstić information content (AvgIpc) is 2.66. The van der Waals surface area contributed by atoms with Gasteiger partial charge in [-0.2, -0.15) is 10.3 Å². The number of nitrogens with one attached hydrogen (secondary N) is 1. The molecule has 6 nitrogen and oxygen atoms in total. The number of aromatic amines is 1. The van der Waals surface area contributed by atoms with Crippen LogP contribution in [0.3, 0.4) is 0 Å². The molecule has 1 unspecified atom stereocenters. The maximum Gasteiger partial charge on any atom is 0.201 e. The van der Waals surface area contributed by atoms with Crippen molar-refractivity contribution >= 4 is 11.2 Å². The van der Waals surface area contributed by atoms with Crippen LogP contribution in [0.5, 0.6) is 0 Å². The van der Waals surface area contributed by atoms with E-state index < -0.39 is 0 Å². The van der Waals surface area contributed by atoms with Crippen molar-refractivity contribution in [2.45, 2.75) is 5.92 Å². The molecule has 1 atom stereocenters. The Balaban J connectivity index is 2.42. The van der Waals surface area contributed by atoms with Crippen molar-refractivity contribution in [3.8, 4) is 0 Å². The van der Waals surface area contributed by atoms with Gasteiger partial charge in [0.15, 0.2) is 0 Å². The van der Waals surface area contributed by atoms with Gasteiger partial charge in [-0.3, -0.25) is 0 Å². The molecule has 0 saturated heterocycles. The van der Waals surface area contributed by atoms with Crippen LogP contribution in [-0.4, -0.2) is 38.7 Å². The summed E-state index contributed by atoms with van der Waals surface area (Å²) in [5, 5.41) is 19.3. The van der Waals surface area contributed by atoms with Crippen LogP contribution < -0.4 is 5.73 Å². The zero-order chi connectivity index (χ0) is 9.97. The molecular weight excluding hydrogens is 182 g/mol. The van der Waals surface area contributed by atoms with Crippen LogP contribution in [0.25, 0.3) is 11.2 Å². The van der Waals surface area contributed by atoms with Gasteiger partial charge in [0.1, 0.15) is 5.52 Å². The fraction of sp³-hybridized carbons (Fsp3) is 0.375. The van der Waals surface area contributed by atoms with Gasteiger partial charge < -0.3 is 10.8 Å². The van der Waals surface area contributed by atoms with E-state index in [1.807, 2.05) is 6.07 Å². The van der Waals surface area contributed by atoms with Crippen molar-refractivity contribution in [1.82, 2.24) is 20.4 Å². The molecule has 0 aliphatic rings. The maximum absolute atomic E-state index is 9.05. The fourth-order valence-corrected chi connectivity index (χ4v) is 1.30. The van der Waals surface area contributed by atoms with Crippen LogP contribution in [0.15, 0.2) is 12.3 Å². The molecule has 2 heterocycles. The molecule has 0 amide bonds. The topological polar surface area (TPSA) is 101 Å². The summed E-state index contributed by atoms with van der Waals surface area (Å²) >= 11 is 0. The van der Waals surface area contributed by atoms with Crippen LogP contribution in [0.4, 0.5) is 0 Å². The predicted molar refractivity (Wildman–Crippen MR) is 50.6 cm³/mol. The van der Waals surface area contributed by atoms with E-state index in [0.29, 0.717) is 17.7 Å². The number of hydrogen-bond donors (Lipinski definition) is 3. The van der Waals surface area contributed by atoms with Crippen molar-refractivity contribution in [1.29, 1.82) is 0 Å². The number of pyridine rings is 1. The van der Waals surface area contributed by atoms with E-state index in [1.165, 1.54) is 0 Å². The first-order valence-corrected chi connectivity index (χ1v) is 4.32. The Morgan fingerprint density at radius 3 is 3.07 bits per heavy atom. The van der Waals surface area contributed by atoms with Crippen molar-refractivity contribution in [2.24, 2.45) is 5.73 Å². The summed E-state index contributed by atoms with van der Waals surface area (Å²) in [7, 11) is 0. The number of aliphatic hydroxyl groups excluding tert-OH is 1. The highest BCUT2D eigenvalue weighted by Gasteiger charge is 2.10. The first-order valence-electron chi connectivity index (χ1n) is 4.32. The summed E-state index contributed by atoms with van der Waals surface area (Å²) in [4.78, 5) is 4.09. The minimum Gasteiger partial charge on any atom is -0.396 e. The molecule has 0 bridgehead atoms. The van der Waals surface area contributed by atoms with Gasteiger partial charge in [-0.1, -0.05) is 0 Å². The molecule has 0 aliphatic carbocycles. The normalized spacial score (nSPS) is 13.3. The summed E-state index contributed by atoms with van der Waals surface area (Å²) in [5.41, 5.74) is 7.65. The summed E-state index contributed by atoms with van der Waals surface area (Å²) in [6, 6.07) is 1.83. The quantitative estimate of drug-likeness (QED) is 0.603. The van der Waals surface area contributed by atoms with E-state index in [2.05, 4.69) is 20.4 Å². The number of aromatic nitrogens is 4. The number of fused-ring (bicyclic) bond motifs is 1. The van der Waals surface area contributed by atoms with E-state index in [9.17, 15) is 0 Å². The van der Waals surface area contributed by atoms with Crippen LogP contribution in [0.1, 0.15) is 11.5 Å². The molecule has 2 aromatic rings. The Morgan fingerprint density at radius 2 is 2.36 bits per heavy atom. The van der Waals surface area contributed by atoms with Crippen molar-refractivity contribution in [3.05, 3.63) is 17.8 Å². The van der Waals surface area contributed by atoms with Gasteiger partial charge in [-0.15, -0.1) is 5.10 Å². The van der Waals surface area contributed by atoms with Gasteiger partial charge in [0, 0.05) is 18.7 Å². The van der Waals surface area contributed by atoms with Gasteiger partial charge in [-0.25, -0.2) is 4.98 Å². The van der Waals surface area contributed by atoms with E-state index in [0.717, 1.165) is 5.56 Å². The molecule has 0 aromatic carbocycles. The summed E-state index contributed by atoms with van der Waals surface area (Å²) in [5.74, 6) is -0.0800. The van der Waals surface area contributed by atoms with Crippen molar-refractivity contribution in [2.75, 3.05) is 13.2 Å². The highest BCUT2D eigenvalue weighted by Crippen LogP contribution is 2.15. The van der Waals surface area contributed by atoms with Crippen molar-refractivity contribution in [3.63, 3.8) is 0 Å². The van der Waals surface area contributed by atoms with Gasteiger partial charge in [0.2, 0.25) is 5.65 Å². The lowest BCUT2D eigenvalue weighted by Crippen LogP contribution is -2.16. The molecule has 6 heteroatoms. The van der Waals surface area contributed by atoms with Gasteiger partial charge in [0.05, 0.1) is 6.61 Å². The van der Waals surface area contributed by atoms with Gasteiger partial charge >= 0.3 is 0 Å². The third-order valence-electron chi connectivity index (χ3n) is 2.17. The Labute approximate surface area is 80.1 Å². The molecule has 74 valence electrons. The van der Waals surface area contributed by atoms with Gasteiger partial charge in [0.25, 0.3) is 0 Å². The monoisotopic (exact) mass is 193 g/mol. The number of H-pyrrole nitrogens is 1. The molecule has 0 fully saturated rings. The van der Waals surface area contributed by atoms with E-state index in [4.69, 9.17) is 10.8 Å². The molecule has 0 aliphatic heterocycles.